The van der Waals surface area contributed by atoms with Gasteiger partial charge in [-0.3, -0.25) is 0 Å². The van der Waals surface area contributed by atoms with Gasteiger partial charge in [0.2, 0.25) is 0 Å². The van der Waals surface area contributed by atoms with Gasteiger partial charge >= 0.3 is 0 Å². The average Bonchev–Trinajstić information content (AvgIpc) is 2.53. The Morgan fingerprint density at radius 2 is 1.55 bits per heavy atom. The van der Waals surface area contributed by atoms with Crippen LogP contribution in [0.15, 0.2) is 36.4 Å². The smallest absolute Gasteiger partial charge is 0.167 e. The topological polar surface area (TPSA) is 0 Å². The van der Waals surface area contributed by atoms with E-state index in [-0.39, 0.29) is 0 Å². The number of benzene rings is 2. The van der Waals surface area contributed by atoms with Gasteiger partial charge in [0, 0.05) is 5.56 Å². The van der Waals surface area contributed by atoms with Gasteiger partial charge in [0.05, 0.1) is 0 Å². The molecule has 0 radical (unpaired) electrons. The molecule has 0 amide bonds. The zero-order valence-electron chi connectivity index (χ0n) is 13.5. The maximum Gasteiger partial charge on any atom is 0.167 e. The Morgan fingerprint density at radius 3 is 2.23 bits per heavy atom. The molecular weight excluding hydrogens is 278 g/mol. The summed E-state index contributed by atoms with van der Waals surface area (Å²) in [5.41, 5.74) is 2.42. The highest BCUT2D eigenvalue weighted by Crippen LogP contribution is 2.30. The summed E-state index contributed by atoms with van der Waals surface area (Å²) in [6, 6.07) is 11.0. The summed E-state index contributed by atoms with van der Waals surface area (Å²) in [6.45, 7) is 4.02. The fourth-order valence-corrected chi connectivity index (χ4v) is 2.88. The molecule has 118 valence electrons. The molecular formula is C20H24F2. The van der Waals surface area contributed by atoms with Crippen LogP contribution in [0, 0.1) is 18.6 Å². The fourth-order valence-electron chi connectivity index (χ4n) is 2.88. The van der Waals surface area contributed by atoms with Crippen molar-refractivity contribution in [1.82, 2.24) is 0 Å². The van der Waals surface area contributed by atoms with E-state index in [1.165, 1.54) is 19.3 Å². The summed E-state index contributed by atoms with van der Waals surface area (Å²) in [4.78, 5) is 0. The highest BCUT2D eigenvalue weighted by Gasteiger charge is 2.17. The summed E-state index contributed by atoms with van der Waals surface area (Å²) in [6.07, 6.45) is 6.18. The molecule has 0 spiro atoms. The molecule has 0 saturated heterocycles. The van der Waals surface area contributed by atoms with E-state index in [4.69, 9.17) is 0 Å². The predicted octanol–water partition coefficient (Wildman–Crippen LogP) is 6.45. The van der Waals surface area contributed by atoms with E-state index in [1.54, 1.807) is 6.07 Å². The van der Waals surface area contributed by atoms with Crippen LogP contribution in [-0.4, -0.2) is 0 Å². The van der Waals surface area contributed by atoms with E-state index < -0.39 is 11.6 Å². The van der Waals surface area contributed by atoms with Crippen molar-refractivity contribution >= 4 is 0 Å². The Labute approximate surface area is 132 Å². The summed E-state index contributed by atoms with van der Waals surface area (Å²) >= 11 is 0. The van der Waals surface area contributed by atoms with E-state index in [0.29, 0.717) is 17.5 Å². The van der Waals surface area contributed by atoms with Crippen LogP contribution in [0.5, 0.6) is 0 Å². The van der Waals surface area contributed by atoms with Crippen LogP contribution < -0.4 is 0 Å². The molecule has 2 heteroatoms. The molecule has 0 aliphatic heterocycles. The molecule has 0 bridgehead atoms. The number of aryl methyl sites for hydroxylation is 2. The molecule has 2 aromatic rings. The lowest BCUT2D eigenvalue weighted by atomic mass is 9.95. The van der Waals surface area contributed by atoms with E-state index in [1.807, 2.05) is 37.3 Å². The minimum absolute atomic E-state index is 0.382. The Hall–Kier alpha value is -1.70. The highest BCUT2D eigenvalue weighted by atomic mass is 19.2. The largest absolute Gasteiger partial charge is 0.203 e. The van der Waals surface area contributed by atoms with Gasteiger partial charge in [-0.05, 0) is 36.5 Å². The lowest BCUT2D eigenvalue weighted by Gasteiger charge is -2.12. The van der Waals surface area contributed by atoms with Crippen LogP contribution in [0.1, 0.15) is 50.2 Å². The average molecular weight is 302 g/mol. The number of halogens is 2. The van der Waals surface area contributed by atoms with Gasteiger partial charge < -0.3 is 0 Å². The Balaban J connectivity index is 2.18. The van der Waals surface area contributed by atoms with Crippen LogP contribution in [0.2, 0.25) is 0 Å². The second-order valence-electron chi connectivity index (χ2n) is 5.89. The van der Waals surface area contributed by atoms with Gasteiger partial charge in [-0.25, -0.2) is 8.78 Å². The highest BCUT2D eigenvalue weighted by molar-refractivity contribution is 5.68. The molecule has 0 atom stereocenters. The first-order valence-corrected chi connectivity index (χ1v) is 8.18. The minimum Gasteiger partial charge on any atom is -0.203 e. The minimum atomic E-state index is -0.713. The molecule has 0 unspecified atom stereocenters. The number of rotatable bonds is 7. The van der Waals surface area contributed by atoms with Crippen molar-refractivity contribution < 1.29 is 8.78 Å². The molecule has 0 nitrogen and oxygen atoms in total. The first-order chi connectivity index (χ1) is 10.6. The van der Waals surface area contributed by atoms with Crippen LogP contribution in [0.25, 0.3) is 11.1 Å². The van der Waals surface area contributed by atoms with Gasteiger partial charge in [0.15, 0.2) is 11.6 Å². The zero-order chi connectivity index (χ0) is 15.9. The normalized spacial score (nSPS) is 10.9. The zero-order valence-corrected chi connectivity index (χ0v) is 13.5. The molecule has 0 saturated carbocycles. The molecule has 0 heterocycles. The van der Waals surface area contributed by atoms with Gasteiger partial charge in [-0.2, -0.15) is 0 Å². The predicted molar refractivity (Wildman–Crippen MR) is 89.0 cm³/mol. The van der Waals surface area contributed by atoms with E-state index in [2.05, 4.69) is 6.92 Å². The SMILES string of the molecule is CCCCCCCc1cc(C)c(-c2ccccc2)c(F)c1F. The number of hydrogen-bond donors (Lipinski definition) is 0. The third kappa shape index (κ3) is 3.94. The maximum absolute atomic E-state index is 14.5. The van der Waals surface area contributed by atoms with E-state index in [9.17, 15) is 8.78 Å². The summed E-state index contributed by atoms with van der Waals surface area (Å²) in [7, 11) is 0. The van der Waals surface area contributed by atoms with Crippen molar-refractivity contribution in [3.8, 4) is 11.1 Å². The van der Waals surface area contributed by atoms with Crippen LogP contribution in [0.3, 0.4) is 0 Å². The van der Waals surface area contributed by atoms with Gasteiger partial charge in [-0.1, -0.05) is 69.0 Å². The summed E-state index contributed by atoms with van der Waals surface area (Å²) < 4.78 is 28.8. The van der Waals surface area contributed by atoms with Crippen molar-refractivity contribution in [1.29, 1.82) is 0 Å². The van der Waals surface area contributed by atoms with E-state index in [0.717, 1.165) is 24.0 Å². The first-order valence-electron chi connectivity index (χ1n) is 8.18. The molecule has 22 heavy (non-hydrogen) atoms. The molecule has 0 fully saturated rings. The maximum atomic E-state index is 14.5. The van der Waals surface area contributed by atoms with Crippen molar-refractivity contribution in [2.75, 3.05) is 0 Å². The van der Waals surface area contributed by atoms with E-state index >= 15 is 0 Å². The molecule has 2 aromatic carbocycles. The van der Waals surface area contributed by atoms with Gasteiger partial charge in [0.25, 0.3) is 0 Å². The quantitative estimate of drug-likeness (QED) is 0.515. The molecule has 0 aliphatic rings. The summed E-state index contributed by atoms with van der Waals surface area (Å²) in [5, 5.41) is 0. The Bertz CT molecular complexity index is 603. The lowest BCUT2D eigenvalue weighted by Crippen LogP contribution is -2.00. The monoisotopic (exact) mass is 302 g/mol. The molecule has 0 aromatic heterocycles. The van der Waals surface area contributed by atoms with Gasteiger partial charge in [0.1, 0.15) is 0 Å². The standard InChI is InChI=1S/C20H24F2/c1-3-4-5-6-8-13-17-14-15(2)18(20(22)19(17)21)16-11-9-7-10-12-16/h7,9-12,14H,3-6,8,13H2,1-2H3. The second-order valence-corrected chi connectivity index (χ2v) is 5.89. The van der Waals surface area contributed by atoms with Crippen LogP contribution in [-0.2, 0) is 6.42 Å². The van der Waals surface area contributed by atoms with Crippen LogP contribution in [0.4, 0.5) is 8.78 Å². The second kappa shape index (κ2) is 8.07. The Kier molecular flexibility index (Phi) is 6.11. The molecule has 0 N–H and O–H groups in total. The van der Waals surface area contributed by atoms with Crippen molar-refractivity contribution in [2.24, 2.45) is 0 Å². The lowest BCUT2D eigenvalue weighted by molar-refractivity contribution is 0.496. The number of hydrogen-bond acceptors (Lipinski definition) is 0. The molecule has 2 rings (SSSR count). The van der Waals surface area contributed by atoms with Crippen molar-refractivity contribution in [2.45, 2.75) is 52.4 Å². The third-order valence-electron chi connectivity index (χ3n) is 4.09. The van der Waals surface area contributed by atoms with Crippen molar-refractivity contribution in [3.05, 3.63) is 59.2 Å². The fraction of sp³-hybridized carbons (Fsp3) is 0.400. The first kappa shape index (κ1) is 16.7. The van der Waals surface area contributed by atoms with Crippen LogP contribution >= 0.6 is 0 Å². The molecule has 0 aliphatic carbocycles. The Morgan fingerprint density at radius 1 is 0.864 bits per heavy atom. The third-order valence-corrected chi connectivity index (χ3v) is 4.09. The number of unbranched alkanes of at least 4 members (excludes halogenated alkanes) is 4. The van der Waals surface area contributed by atoms with Gasteiger partial charge in [-0.15, -0.1) is 0 Å². The van der Waals surface area contributed by atoms with Crippen molar-refractivity contribution in [3.63, 3.8) is 0 Å². The summed E-state index contributed by atoms with van der Waals surface area (Å²) in [5.74, 6) is -1.39.